The van der Waals surface area contributed by atoms with Gasteiger partial charge in [0.15, 0.2) is 0 Å². The molecule has 1 aliphatic rings. The van der Waals surface area contributed by atoms with Crippen molar-refractivity contribution in [3.8, 4) is 0 Å². The molecular formula is C15H15F3N2O. The van der Waals surface area contributed by atoms with Crippen molar-refractivity contribution in [1.82, 2.24) is 4.90 Å². The maximum atomic E-state index is 12.5. The SMILES string of the molecule is Nc1ccc(/C=C/C(=O)N2CC=C(C(F)(F)F)CC2)cc1. The molecule has 1 aliphatic heterocycles. The molecule has 0 radical (unpaired) electrons. The summed E-state index contributed by atoms with van der Waals surface area (Å²) in [6.45, 7) is 0.0655. The third kappa shape index (κ3) is 4.11. The maximum Gasteiger partial charge on any atom is 0.412 e. The van der Waals surface area contributed by atoms with Crippen molar-refractivity contribution in [2.75, 3.05) is 18.8 Å². The molecule has 1 aromatic carbocycles. The van der Waals surface area contributed by atoms with Gasteiger partial charge in [0.1, 0.15) is 0 Å². The van der Waals surface area contributed by atoms with Gasteiger partial charge in [0.05, 0.1) is 0 Å². The molecule has 0 atom stereocenters. The monoisotopic (exact) mass is 296 g/mol. The predicted molar refractivity (Wildman–Crippen MR) is 75.2 cm³/mol. The summed E-state index contributed by atoms with van der Waals surface area (Å²) in [5.41, 5.74) is 6.42. The van der Waals surface area contributed by atoms with Gasteiger partial charge in [0, 0.05) is 30.4 Å². The second kappa shape index (κ2) is 6.03. The van der Waals surface area contributed by atoms with Crippen LogP contribution in [0.4, 0.5) is 18.9 Å². The summed E-state index contributed by atoms with van der Waals surface area (Å²) in [4.78, 5) is 13.3. The molecule has 2 rings (SSSR count). The number of nitrogens with zero attached hydrogens (tertiary/aromatic N) is 1. The summed E-state index contributed by atoms with van der Waals surface area (Å²) < 4.78 is 37.4. The highest BCUT2D eigenvalue weighted by atomic mass is 19.4. The number of nitrogen functional groups attached to an aromatic ring is 1. The standard InChI is InChI=1S/C15H15F3N2O/c16-15(17,18)12-7-9-20(10-8-12)14(21)6-3-11-1-4-13(19)5-2-11/h1-7H,8-10,19H2/b6-3+. The molecule has 6 heteroatoms. The number of alkyl halides is 3. The number of carbonyl (C=O) groups excluding carboxylic acids is 1. The molecule has 1 heterocycles. The quantitative estimate of drug-likeness (QED) is 0.518. The van der Waals surface area contributed by atoms with Crippen molar-refractivity contribution in [1.29, 1.82) is 0 Å². The Labute approximate surface area is 120 Å². The normalized spacial score (nSPS) is 16.1. The minimum absolute atomic E-state index is 0.0141. The first kappa shape index (κ1) is 15.2. The smallest absolute Gasteiger partial charge is 0.399 e. The van der Waals surface area contributed by atoms with Crippen LogP contribution < -0.4 is 5.73 Å². The fourth-order valence-corrected chi connectivity index (χ4v) is 2.01. The van der Waals surface area contributed by atoms with Gasteiger partial charge in [0.25, 0.3) is 0 Å². The van der Waals surface area contributed by atoms with Crippen LogP contribution in [0, 0.1) is 0 Å². The second-order valence-corrected chi connectivity index (χ2v) is 4.76. The molecule has 21 heavy (non-hydrogen) atoms. The first-order valence-corrected chi connectivity index (χ1v) is 6.45. The number of nitrogens with two attached hydrogens (primary N) is 1. The van der Waals surface area contributed by atoms with Gasteiger partial charge in [0.2, 0.25) is 5.91 Å². The van der Waals surface area contributed by atoms with Crippen LogP contribution in [-0.4, -0.2) is 30.1 Å². The third-order valence-electron chi connectivity index (χ3n) is 3.24. The fourth-order valence-electron chi connectivity index (χ4n) is 2.01. The van der Waals surface area contributed by atoms with Crippen LogP contribution in [0.25, 0.3) is 6.08 Å². The van der Waals surface area contributed by atoms with Crippen LogP contribution in [0.15, 0.2) is 42.0 Å². The average molecular weight is 296 g/mol. The van der Waals surface area contributed by atoms with E-state index in [4.69, 9.17) is 5.73 Å². The first-order valence-electron chi connectivity index (χ1n) is 6.45. The topological polar surface area (TPSA) is 46.3 Å². The van der Waals surface area contributed by atoms with Gasteiger partial charge < -0.3 is 10.6 Å². The number of anilines is 1. The van der Waals surface area contributed by atoms with Gasteiger partial charge in [-0.3, -0.25) is 4.79 Å². The molecule has 1 amide bonds. The Morgan fingerprint density at radius 1 is 1.24 bits per heavy atom. The fraction of sp³-hybridized carbons (Fsp3) is 0.267. The minimum atomic E-state index is -4.30. The van der Waals surface area contributed by atoms with Crippen LogP contribution in [-0.2, 0) is 4.79 Å². The zero-order valence-electron chi connectivity index (χ0n) is 11.2. The van der Waals surface area contributed by atoms with Gasteiger partial charge in [-0.15, -0.1) is 0 Å². The van der Waals surface area contributed by atoms with E-state index < -0.39 is 11.7 Å². The number of benzene rings is 1. The highest BCUT2D eigenvalue weighted by molar-refractivity contribution is 5.92. The predicted octanol–water partition coefficient (Wildman–Crippen LogP) is 3.00. The zero-order valence-corrected chi connectivity index (χ0v) is 11.2. The van der Waals surface area contributed by atoms with Crippen LogP contribution in [0.1, 0.15) is 12.0 Å². The maximum absolute atomic E-state index is 12.5. The van der Waals surface area contributed by atoms with E-state index in [-0.39, 0.29) is 25.4 Å². The van der Waals surface area contributed by atoms with Crippen molar-refractivity contribution >= 4 is 17.7 Å². The lowest BCUT2D eigenvalue weighted by atomic mass is 10.1. The van der Waals surface area contributed by atoms with E-state index in [1.807, 2.05) is 0 Å². The molecule has 0 saturated carbocycles. The molecule has 112 valence electrons. The summed E-state index contributed by atoms with van der Waals surface area (Å²) in [5.74, 6) is -0.302. The number of hydrogen-bond donors (Lipinski definition) is 1. The van der Waals surface area contributed by atoms with E-state index in [2.05, 4.69) is 0 Å². The van der Waals surface area contributed by atoms with Crippen LogP contribution >= 0.6 is 0 Å². The number of rotatable bonds is 2. The Hall–Kier alpha value is -2.24. The molecule has 0 aliphatic carbocycles. The lowest BCUT2D eigenvalue weighted by Crippen LogP contribution is -2.35. The van der Waals surface area contributed by atoms with Gasteiger partial charge >= 0.3 is 6.18 Å². The average Bonchev–Trinajstić information content (AvgIpc) is 2.45. The summed E-state index contributed by atoms with van der Waals surface area (Å²) in [6, 6.07) is 6.95. The third-order valence-corrected chi connectivity index (χ3v) is 3.24. The number of amides is 1. The van der Waals surface area contributed by atoms with Crippen LogP contribution in [0.5, 0.6) is 0 Å². The van der Waals surface area contributed by atoms with Crippen molar-refractivity contribution in [3.05, 3.63) is 47.6 Å². The van der Waals surface area contributed by atoms with Crippen molar-refractivity contribution in [3.63, 3.8) is 0 Å². The van der Waals surface area contributed by atoms with E-state index in [0.29, 0.717) is 5.69 Å². The molecule has 0 aromatic heterocycles. The molecule has 3 nitrogen and oxygen atoms in total. The van der Waals surface area contributed by atoms with Gasteiger partial charge in [-0.05, 0) is 30.2 Å². The van der Waals surface area contributed by atoms with Gasteiger partial charge in [-0.1, -0.05) is 18.2 Å². The minimum Gasteiger partial charge on any atom is -0.399 e. The second-order valence-electron chi connectivity index (χ2n) is 4.76. The number of halogens is 3. The van der Waals surface area contributed by atoms with E-state index in [1.165, 1.54) is 11.0 Å². The molecule has 0 spiro atoms. The van der Waals surface area contributed by atoms with E-state index >= 15 is 0 Å². The highest BCUT2D eigenvalue weighted by Gasteiger charge is 2.35. The van der Waals surface area contributed by atoms with Gasteiger partial charge in [-0.2, -0.15) is 13.2 Å². The summed E-state index contributed by atoms with van der Waals surface area (Å²) in [5, 5.41) is 0. The Morgan fingerprint density at radius 2 is 1.90 bits per heavy atom. The van der Waals surface area contributed by atoms with Crippen molar-refractivity contribution in [2.45, 2.75) is 12.6 Å². The van der Waals surface area contributed by atoms with E-state index in [0.717, 1.165) is 11.6 Å². The molecule has 0 saturated heterocycles. The van der Waals surface area contributed by atoms with E-state index in [1.54, 1.807) is 30.3 Å². The Kier molecular flexibility index (Phi) is 4.35. The lowest BCUT2D eigenvalue weighted by Gasteiger charge is -2.26. The number of carbonyl (C=O) groups is 1. The van der Waals surface area contributed by atoms with Crippen LogP contribution in [0.2, 0.25) is 0 Å². The van der Waals surface area contributed by atoms with Crippen molar-refractivity contribution in [2.24, 2.45) is 0 Å². The molecule has 0 bridgehead atoms. The highest BCUT2D eigenvalue weighted by Crippen LogP contribution is 2.30. The first-order chi connectivity index (χ1) is 9.86. The van der Waals surface area contributed by atoms with E-state index in [9.17, 15) is 18.0 Å². The Morgan fingerprint density at radius 3 is 2.43 bits per heavy atom. The zero-order chi connectivity index (χ0) is 15.5. The van der Waals surface area contributed by atoms with Crippen LogP contribution in [0.3, 0.4) is 0 Å². The largest absolute Gasteiger partial charge is 0.412 e. The Balaban J connectivity index is 1.96. The number of hydrogen-bond acceptors (Lipinski definition) is 2. The van der Waals surface area contributed by atoms with Gasteiger partial charge in [-0.25, -0.2) is 0 Å². The molecule has 0 fully saturated rings. The summed E-state index contributed by atoms with van der Waals surface area (Å²) in [6.07, 6.45) is -0.416. The summed E-state index contributed by atoms with van der Waals surface area (Å²) >= 11 is 0. The molecule has 2 N–H and O–H groups in total. The molecule has 0 unspecified atom stereocenters. The summed E-state index contributed by atoms with van der Waals surface area (Å²) in [7, 11) is 0. The van der Waals surface area contributed by atoms with Crippen molar-refractivity contribution < 1.29 is 18.0 Å². The Bertz CT molecular complexity index is 574. The molecular weight excluding hydrogens is 281 g/mol. The lowest BCUT2D eigenvalue weighted by molar-refractivity contribution is -0.127. The molecule has 1 aromatic rings.